The molecule has 0 spiro atoms. The molecule has 7 nitrogen and oxygen atoms in total. The zero-order valence-electron chi connectivity index (χ0n) is 13.8. The van der Waals surface area contributed by atoms with Gasteiger partial charge in [0.05, 0.1) is 12.8 Å². The van der Waals surface area contributed by atoms with Crippen LogP contribution in [0.3, 0.4) is 0 Å². The molecule has 0 radical (unpaired) electrons. The van der Waals surface area contributed by atoms with Gasteiger partial charge in [0, 0.05) is 12.1 Å². The Morgan fingerprint density at radius 3 is 2.58 bits per heavy atom. The lowest BCUT2D eigenvalue weighted by molar-refractivity contribution is 0.0731. The Hall–Kier alpha value is -1.38. The highest BCUT2D eigenvalue weighted by atomic mass is 32.2. The number of carbonyl (C=O) groups is 1. The maximum atomic E-state index is 12.5. The quantitative estimate of drug-likeness (QED) is 0.728. The molecule has 3 rings (SSSR count). The first-order chi connectivity index (χ1) is 11.3. The van der Waals surface area contributed by atoms with Crippen LogP contribution in [0.2, 0.25) is 0 Å². The largest absolute Gasteiger partial charge is 0.455 e. The summed E-state index contributed by atoms with van der Waals surface area (Å²) in [5.74, 6) is 1.28. The van der Waals surface area contributed by atoms with Crippen molar-refractivity contribution in [2.45, 2.75) is 50.7 Å². The van der Waals surface area contributed by atoms with E-state index in [0.717, 1.165) is 31.9 Å². The number of hydrogen-bond donors (Lipinski definition) is 3. The van der Waals surface area contributed by atoms with Gasteiger partial charge in [-0.3, -0.25) is 4.79 Å². The van der Waals surface area contributed by atoms with Crippen molar-refractivity contribution in [2.75, 3.05) is 6.26 Å². The predicted molar refractivity (Wildman–Crippen MR) is 89.7 cm³/mol. The number of fused-ring (bicyclic) bond motifs is 2. The SMILES string of the molecule is CS(=O)(=O)NCc1ccc(C(=O)NC2C3CCCC2CC(N)C3)o1. The smallest absolute Gasteiger partial charge is 0.287 e. The monoisotopic (exact) mass is 355 g/mol. The van der Waals surface area contributed by atoms with Crippen molar-refractivity contribution in [3.8, 4) is 0 Å². The molecule has 1 aromatic heterocycles. The van der Waals surface area contributed by atoms with Crippen molar-refractivity contribution >= 4 is 15.9 Å². The molecule has 2 saturated carbocycles. The summed E-state index contributed by atoms with van der Waals surface area (Å²) in [5, 5.41) is 3.12. The Balaban J connectivity index is 1.62. The average Bonchev–Trinajstić information content (AvgIpc) is 2.94. The zero-order valence-corrected chi connectivity index (χ0v) is 14.6. The minimum atomic E-state index is -3.29. The van der Waals surface area contributed by atoms with Gasteiger partial charge >= 0.3 is 0 Å². The topological polar surface area (TPSA) is 114 Å². The van der Waals surface area contributed by atoms with Crippen LogP contribution in [0.4, 0.5) is 0 Å². The highest BCUT2D eigenvalue weighted by Crippen LogP contribution is 2.39. The van der Waals surface area contributed by atoms with Gasteiger partial charge in [-0.05, 0) is 49.7 Å². The zero-order chi connectivity index (χ0) is 17.3. The third-order valence-corrected chi connectivity index (χ3v) is 5.74. The number of hydrogen-bond acceptors (Lipinski definition) is 5. The molecule has 1 heterocycles. The molecular formula is C16H25N3O4S. The van der Waals surface area contributed by atoms with Gasteiger partial charge in [0.1, 0.15) is 5.76 Å². The van der Waals surface area contributed by atoms with Crippen LogP contribution in [-0.2, 0) is 16.6 Å². The normalized spacial score (nSPS) is 30.1. The molecular weight excluding hydrogens is 330 g/mol. The van der Waals surface area contributed by atoms with Crippen molar-refractivity contribution in [1.82, 2.24) is 10.0 Å². The molecule has 8 heteroatoms. The summed E-state index contributed by atoms with van der Waals surface area (Å²) in [7, 11) is -3.29. The lowest BCUT2D eigenvalue weighted by Gasteiger charge is -2.45. The van der Waals surface area contributed by atoms with E-state index < -0.39 is 10.0 Å². The maximum absolute atomic E-state index is 12.5. The third kappa shape index (κ3) is 4.17. The molecule has 2 aliphatic carbocycles. The Morgan fingerprint density at radius 1 is 1.29 bits per heavy atom. The van der Waals surface area contributed by atoms with E-state index in [9.17, 15) is 13.2 Å². The molecule has 2 unspecified atom stereocenters. The fourth-order valence-corrected chi connectivity index (χ4v) is 4.45. The summed E-state index contributed by atoms with van der Waals surface area (Å²) < 4.78 is 30.0. The van der Waals surface area contributed by atoms with E-state index in [2.05, 4.69) is 10.0 Å². The average molecular weight is 355 g/mol. The second-order valence-electron chi connectivity index (χ2n) is 7.04. The number of nitrogens with one attached hydrogen (secondary N) is 2. The van der Waals surface area contributed by atoms with E-state index in [1.165, 1.54) is 6.42 Å². The Kier molecular flexibility index (Phi) is 4.98. The van der Waals surface area contributed by atoms with Crippen LogP contribution in [0.15, 0.2) is 16.5 Å². The van der Waals surface area contributed by atoms with Gasteiger partial charge in [-0.25, -0.2) is 13.1 Å². The van der Waals surface area contributed by atoms with Crippen LogP contribution < -0.4 is 15.8 Å². The molecule has 2 atom stereocenters. The Morgan fingerprint density at radius 2 is 1.96 bits per heavy atom. The van der Waals surface area contributed by atoms with Crippen molar-refractivity contribution in [3.05, 3.63) is 23.7 Å². The molecule has 0 aliphatic heterocycles. The van der Waals surface area contributed by atoms with E-state index in [0.29, 0.717) is 17.6 Å². The highest BCUT2D eigenvalue weighted by Gasteiger charge is 2.40. The second kappa shape index (κ2) is 6.85. The molecule has 24 heavy (non-hydrogen) atoms. The van der Waals surface area contributed by atoms with Crippen molar-refractivity contribution < 1.29 is 17.6 Å². The van der Waals surface area contributed by atoms with E-state index in [1.54, 1.807) is 12.1 Å². The van der Waals surface area contributed by atoms with Crippen LogP contribution >= 0.6 is 0 Å². The number of sulfonamides is 1. The third-order valence-electron chi connectivity index (χ3n) is 5.07. The fourth-order valence-electron chi connectivity index (χ4n) is 4.04. The standard InChI is InChI=1S/C16H25N3O4S/c1-24(21,22)18-9-13-5-6-14(23-13)16(20)19-15-10-3-2-4-11(15)8-12(17)7-10/h5-6,10-12,15,18H,2-4,7-9,17H2,1H3,(H,19,20). The van der Waals surface area contributed by atoms with Gasteiger partial charge in [0.25, 0.3) is 5.91 Å². The molecule has 2 aliphatic rings. The lowest BCUT2D eigenvalue weighted by Crippen LogP contribution is -2.53. The molecule has 0 aromatic carbocycles. The van der Waals surface area contributed by atoms with Crippen LogP contribution in [0.1, 0.15) is 48.4 Å². The van der Waals surface area contributed by atoms with Gasteiger partial charge in [-0.15, -0.1) is 0 Å². The molecule has 2 bridgehead atoms. The van der Waals surface area contributed by atoms with Gasteiger partial charge in [0.2, 0.25) is 10.0 Å². The number of carbonyl (C=O) groups excluding carboxylic acids is 1. The summed E-state index contributed by atoms with van der Waals surface area (Å²) in [6.45, 7) is 0.0373. The minimum absolute atomic E-state index is 0.0373. The van der Waals surface area contributed by atoms with E-state index >= 15 is 0 Å². The fraction of sp³-hybridized carbons (Fsp3) is 0.688. The van der Waals surface area contributed by atoms with Crippen molar-refractivity contribution in [2.24, 2.45) is 17.6 Å². The Bertz CT molecular complexity index is 686. The summed E-state index contributed by atoms with van der Waals surface area (Å²) >= 11 is 0. The number of amides is 1. The summed E-state index contributed by atoms with van der Waals surface area (Å²) in [6, 6.07) is 3.60. The Labute approximate surface area is 142 Å². The predicted octanol–water partition coefficient (Wildman–Crippen LogP) is 0.965. The van der Waals surface area contributed by atoms with Gasteiger partial charge in [0.15, 0.2) is 5.76 Å². The summed E-state index contributed by atoms with van der Waals surface area (Å²) in [5.41, 5.74) is 6.11. The summed E-state index contributed by atoms with van der Waals surface area (Å²) in [4.78, 5) is 12.5. The molecule has 4 N–H and O–H groups in total. The molecule has 134 valence electrons. The molecule has 2 fully saturated rings. The number of nitrogens with two attached hydrogens (primary N) is 1. The van der Waals surface area contributed by atoms with E-state index in [-0.39, 0.29) is 30.3 Å². The highest BCUT2D eigenvalue weighted by molar-refractivity contribution is 7.88. The molecule has 1 amide bonds. The lowest BCUT2D eigenvalue weighted by atomic mass is 9.67. The number of furan rings is 1. The first-order valence-electron chi connectivity index (χ1n) is 8.41. The summed E-state index contributed by atoms with van der Waals surface area (Å²) in [6.07, 6.45) is 6.42. The molecule has 1 aromatic rings. The second-order valence-corrected chi connectivity index (χ2v) is 8.87. The van der Waals surface area contributed by atoms with E-state index in [1.807, 2.05) is 0 Å². The molecule has 0 saturated heterocycles. The van der Waals surface area contributed by atoms with Crippen LogP contribution in [0, 0.1) is 11.8 Å². The van der Waals surface area contributed by atoms with Gasteiger partial charge in [-0.2, -0.15) is 0 Å². The first kappa shape index (κ1) is 17.4. The van der Waals surface area contributed by atoms with Gasteiger partial charge < -0.3 is 15.5 Å². The van der Waals surface area contributed by atoms with Crippen LogP contribution in [0.5, 0.6) is 0 Å². The minimum Gasteiger partial charge on any atom is -0.455 e. The number of rotatable bonds is 5. The van der Waals surface area contributed by atoms with Crippen LogP contribution in [-0.4, -0.2) is 32.7 Å². The van der Waals surface area contributed by atoms with Crippen molar-refractivity contribution in [1.29, 1.82) is 0 Å². The van der Waals surface area contributed by atoms with Crippen LogP contribution in [0.25, 0.3) is 0 Å². The first-order valence-corrected chi connectivity index (χ1v) is 10.3. The van der Waals surface area contributed by atoms with E-state index in [4.69, 9.17) is 10.2 Å². The van der Waals surface area contributed by atoms with Gasteiger partial charge in [-0.1, -0.05) is 6.42 Å². The van der Waals surface area contributed by atoms with Crippen molar-refractivity contribution in [3.63, 3.8) is 0 Å². The maximum Gasteiger partial charge on any atom is 0.287 e.